The van der Waals surface area contributed by atoms with E-state index in [1.54, 1.807) is 59.1 Å². The first-order valence-electron chi connectivity index (χ1n) is 6.97. The summed E-state index contributed by atoms with van der Waals surface area (Å²) in [5, 5.41) is 18.9. The van der Waals surface area contributed by atoms with Crippen LogP contribution in [0, 0.1) is 0 Å². The van der Waals surface area contributed by atoms with E-state index >= 15 is 0 Å². The van der Waals surface area contributed by atoms with Gasteiger partial charge in [-0.15, -0.1) is 22.7 Å². The first kappa shape index (κ1) is 18.6. The van der Waals surface area contributed by atoms with Gasteiger partial charge in [-0.05, 0) is 42.8 Å². The summed E-state index contributed by atoms with van der Waals surface area (Å²) >= 11 is 12.2. The third-order valence-corrected chi connectivity index (χ3v) is 7.73. The largest absolute Gasteiger partial charge is 0.508 e. The average molecular weight is 429 g/mol. The standard InChI is InChI=1S/C8H6ClNOS2.C8H7NOS2/c1-12-8-10-4-2-3-5(11)6(9)7(4)13-8;1-11-8-9-6-3-2-5(10)4-7(6)12-8/h2-3,11H,1H3;2-4,10H,1H3. The number of nitrogens with zero attached hydrogens (tertiary/aromatic N) is 2. The van der Waals surface area contributed by atoms with Crippen LogP contribution in [0.2, 0.25) is 5.02 Å². The van der Waals surface area contributed by atoms with Gasteiger partial charge in [-0.25, -0.2) is 9.97 Å². The Balaban J connectivity index is 0.000000146. The maximum absolute atomic E-state index is 9.34. The first-order chi connectivity index (χ1) is 12.0. The van der Waals surface area contributed by atoms with E-state index in [9.17, 15) is 10.2 Å². The molecular weight excluding hydrogens is 416 g/mol. The van der Waals surface area contributed by atoms with Crippen molar-refractivity contribution in [2.75, 3.05) is 12.5 Å². The van der Waals surface area contributed by atoms with Crippen LogP contribution < -0.4 is 0 Å². The monoisotopic (exact) mass is 428 g/mol. The van der Waals surface area contributed by atoms with Crippen LogP contribution in [-0.2, 0) is 0 Å². The molecule has 0 aliphatic heterocycles. The summed E-state index contributed by atoms with van der Waals surface area (Å²) in [6, 6.07) is 8.57. The number of halogens is 1. The maximum Gasteiger partial charge on any atom is 0.150 e. The molecule has 2 heterocycles. The summed E-state index contributed by atoms with van der Waals surface area (Å²) in [6.07, 6.45) is 3.96. The van der Waals surface area contributed by atoms with Crippen molar-refractivity contribution < 1.29 is 10.2 Å². The fourth-order valence-corrected chi connectivity index (χ4v) is 5.30. The number of thioether (sulfide) groups is 2. The highest BCUT2D eigenvalue weighted by Crippen LogP contribution is 2.37. The predicted molar refractivity (Wildman–Crippen MR) is 111 cm³/mol. The second-order valence-corrected chi connectivity index (χ2v) is 9.28. The van der Waals surface area contributed by atoms with Crippen LogP contribution in [0.4, 0.5) is 0 Å². The van der Waals surface area contributed by atoms with Crippen molar-refractivity contribution in [1.82, 2.24) is 9.97 Å². The van der Waals surface area contributed by atoms with Gasteiger partial charge in [0.25, 0.3) is 0 Å². The molecule has 0 aliphatic rings. The number of hydrogen-bond acceptors (Lipinski definition) is 8. The highest BCUT2D eigenvalue weighted by Gasteiger charge is 2.09. The third-order valence-electron chi connectivity index (χ3n) is 3.16. The van der Waals surface area contributed by atoms with Crippen LogP contribution in [0.25, 0.3) is 20.4 Å². The number of benzene rings is 2. The highest BCUT2D eigenvalue weighted by molar-refractivity contribution is 8.00. The predicted octanol–water partition coefficient (Wildman–Crippen LogP) is 6.10. The van der Waals surface area contributed by atoms with E-state index < -0.39 is 0 Å². The quantitative estimate of drug-likeness (QED) is 0.376. The molecule has 0 fully saturated rings. The van der Waals surface area contributed by atoms with Crippen LogP contribution in [-0.4, -0.2) is 32.7 Å². The van der Waals surface area contributed by atoms with Crippen molar-refractivity contribution in [3.05, 3.63) is 35.4 Å². The molecule has 0 saturated carbocycles. The Morgan fingerprint density at radius 1 is 0.920 bits per heavy atom. The van der Waals surface area contributed by atoms with E-state index in [0.717, 1.165) is 29.1 Å². The average Bonchev–Trinajstić information content (AvgIpc) is 3.22. The van der Waals surface area contributed by atoms with Crippen LogP contribution >= 0.6 is 57.8 Å². The molecule has 25 heavy (non-hydrogen) atoms. The number of aromatic hydroxyl groups is 2. The number of thiazole rings is 2. The molecule has 4 aromatic rings. The van der Waals surface area contributed by atoms with Crippen molar-refractivity contribution in [3.8, 4) is 11.5 Å². The second kappa shape index (κ2) is 8.01. The second-order valence-electron chi connectivity index (χ2n) is 4.77. The number of fused-ring (bicyclic) bond motifs is 2. The topological polar surface area (TPSA) is 66.2 Å². The molecule has 2 aromatic heterocycles. The van der Waals surface area contributed by atoms with E-state index in [0.29, 0.717) is 10.8 Å². The van der Waals surface area contributed by atoms with Gasteiger partial charge in [-0.1, -0.05) is 35.1 Å². The number of rotatable bonds is 2. The molecule has 4 rings (SSSR count). The lowest BCUT2D eigenvalue weighted by Gasteiger charge is -1.94. The van der Waals surface area contributed by atoms with Gasteiger partial charge in [-0.3, -0.25) is 0 Å². The van der Waals surface area contributed by atoms with Crippen LogP contribution in [0.1, 0.15) is 0 Å². The van der Waals surface area contributed by atoms with E-state index in [1.807, 2.05) is 18.6 Å². The van der Waals surface area contributed by atoms with Crippen molar-refractivity contribution in [2.24, 2.45) is 0 Å². The molecule has 0 bridgehead atoms. The van der Waals surface area contributed by atoms with Crippen molar-refractivity contribution in [2.45, 2.75) is 8.68 Å². The smallest absolute Gasteiger partial charge is 0.150 e. The number of phenolic OH excluding ortho intramolecular Hbond substituents is 2. The summed E-state index contributed by atoms with van der Waals surface area (Å²) in [5.41, 5.74) is 1.80. The van der Waals surface area contributed by atoms with Gasteiger partial charge in [0.1, 0.15) is 16.5 Å². The van der Waals surface area contributed by atoms with E-state index in [-0.39, 0.29) is 5.75 Å². The Morgan fingerprint density at radius 3 is 2.28 bits per heavy atom. The Labute approximate surface area is 165 Å². The number of hydrogen-bond donors (Lipinski definition) is 2. The highest BCUT2D eigenvalue weighted by atomic mass is 35.5. The first-order valence-corrected chi connectivity index (χ1v) is 11.4. The summed E-state index contributed by atoms with van der Waals surface area (Å²) in [5.74, 6) is 0.421. The fourth-order valence-electron chi connectivity index (χ4n) is 2.00. The van der Waals surface area contributed by atoms with Crippen molar-refractivity contribution in [3.63, 3.8) is 0 Å². The zero-order valence-electron chi connectivity index (χ0n) is 13.2. The Kier molecular flexibility index (Phi) is 5.96. The molecule has 0 atom stereocenters. The summed E-state index contributed by atoms with van der Waals surface area (Å²) in [6.45, 7) is 0. The van der Waals surface area contributed by atoms with Crippen LogP contribution in [0.3, 0.4) is 0 Å². The molecular formula is C16H13ClN2O2S4. The zero-order valence-corrected chi connectivity index (χ0v) is 17.2. The van der Waals surface area contributed by atoms with Crippen LogP contribution in [0.5, 0.6) is 11.5 Å². The summed E-state index contributed by atoms with van der Waals surface area (Å²) in [7, 11) is 0. The summed E-state index contributed by atoms with van der Waals surface area (Å²) < 4.78 is 3.89. The lowest BCUT2D eigenvalue weighted by molar-refractivity contribution is 0.476. The van der Waals surface area contributed by atoms with Gasteiger partial charge >= 0.3 is 0 Å². The SMILES string of the molecule is CSc1nc2ccc(O)c(Cl)c2s1.CSc1nc2ccc(O)cc2s1. The van der Waals surface area contributed by atoms with Gasteiger partial charge in [0.2, 0.25) is 0 Å². The minimum absolute atomic E-state index is 0.116. The molecule has 4 nitrogen and oxygen atoms in total. The fraction of sp³-hybridized carbons (Fsp3) is 0.125. The molecule has 0 amide bonds. The third kappa shape index (κ3) is 4.15. The van der Waals surface area contributed by atoms with Gasteiger partial charge < -0.3 is 10.2 Å². The van der Waals surface area contributed by atoms with Gasteiger partial charge in [-0.2, -0.15) is 0 Å². The van der Waals surface area contributed by atoms with Gasteiger partial charge in [0, 0.05) is 0 Å². The lowest BCUT2D eigenvalue weighted by Crippen LogP contribution is -1.70. The van der Waals surface area contributed by atoms with Crippen molar-refractivity contribution >= 4 is 78.2 Å². The van der Waals surface area contributed by atoms with Gasteiger partial charge in [0.15, 0.2) is 8.68 Å². The Morgan fingerprint density at radius 2 is 1.56 bits per heavy atom. The molecule has 130 valence electrons. The Bertz CT molecular complexity index is 1030. The van der Waals surface area contributed by atoms with Crippen molar-refractivity contribution in [1.29, 1.82) is 0 Å². The molecule has 9 heteroatoms. The molecule has 2 N–H and O–H groups in total. The Hall–Kier alpha value is -1.19. The van der Waals surface area contributed by atoms with E-state index in [2.05, 4.69) is 9.97 Å². The van der Waals surface area contributed by atoms with E-state index in [1.165, 1.54) is 11.3 Å². The number of aromatic nitrogens is 2. The molecule has 0 spiro atoms. The minimum atomic E-state index is 0.116. The molecule has 0 aliphatic carbocycles. The molecule has 0 radical (unpaired) electrons. The summed E-state index contributed by atoms with van der Waals surface area (Å²) in [4.78, 5) is 8.66. The lowest BCUT2D eigenvalue weighted by atomic mass is 10.3. The van der Waals surface area contributed by atoms with Gasteiger partial charge in [0.05, 0.1) is 20.4 Å². The molecule has 0 saturated heterocycles. The molecule has 2 aromatic carbocycles. The number of phenols is 2. The minimum Gasteiger partial charge on any atom is -0.508 e. The molecule has 0 unspecified atom stereocenters. The zero-order chi connectivity index (χ0) is 18.0. The maximum atomic E-state index is 9.34. The van der Waals surface area contributed by atoms with Crippen LogP contribution in [0.15, 0.2) is 39.0 Å². The van der Waals surface area contributed by atoms with E-state index in [4.69, 9.17) is 11.6 Å². The normalized spacial score (nSPS) is 10.8.